The van der Waals surface area contributed by atoms with Crippen LogP contribution >= 0.6 is 11.3 Å². The molecule has 6 heteroatoms. The van der Waals surface area contributed by atoms with Crippen molar-refractivity contribution in [3.05, 3.63) is 21.9 Å². The number of hydrogen-bond acceptors (Lipinski definition) is 4. The Morgan fingerprint density at radius 2 is 2.11 bits per heavy atom. The van der Waals surface area contributed by atoms with E-state index in [4.69, 9.17) is 10.5 Å². The van der Waals surface area contributed by atoms with E-state index in [9.17, 15) is 9.59 Å². The highest BCUT2D eigenvalue weighted by molar-refractivity contribution is 7.10. The molecular weight excluding hydrogens is 264 g/mol. The van der Waals surface area contributed by atoms with Crippen LogP contribution in [0.5, 0.6) is 0 Å². The van der Waals surface area contributed by atoms with Crippen molar-refractivity contribution in [3.8, 4) is 0 Å². The number of ether oxygens (including phenoxy) is 1. The molecule has 0 spiro atoms. The number of rotatable bonds is 4. The lowest BCUT2D eigenvalue weighted by Gasteiger charge is -2.21. The lowest BCUT2D eigenvalue weighted by Crippen LogP contribution is -2.33. The van der Waals surface area contributed by atoms with Crippen molar-refractivity contribution < 1.29 is 14.3 Å². The molecule has 2 amide bonds. The number of carbonyl (C=O) groups is 2. The predicted molar refractivity (Wildman–Crippen MR) is 75.0 cm³/mol. The molecule has 1 aromatic heterocycles. The number of primary amides is 1. The number of amides is 2. The van der Waals surface area contributed by atoms with Gasteiger partial charge in [0.15, 0.2) is 0 Å². The van der Waals surface area contributed by atoms with Gasteiger partial charge in [-0.15, -0.1) is 11.3 Å². The van der Waals surface area contributed by atoms with Crippen LogP contribution in [-0.2, 0) is 16.0 Å². The molecule has 1 atom stereocenters. The van der Waals surface area contributed by atoms with Crippen LogP contribution in [0, 0.1) is 0 Å². The van der Waals surface area contributed by atoms with Crippen LogP contribution in [0.2, 0.25) is 0 Å². The van der Waals surface area contributed by atoms with E-state index >= 15 is 0 Å². The van der Waals surface area contributed by atoms with Crippen molar-refractivity contribution in [2.24, 2.45) is 5.73 Å². The van der Waals surface area contributed by atoms with E-state index in [1.54, 1.807) is 0 Å². The second kappa shape index (κ2) is 6.06. The second-order valence-electron chi connectivity index (χ2n) is 5.37. The van der Waals surface area contributed by atoms with Crippen molar-refractivity contribution in [2.75, 3.05) is 0 Å². The van der Waals surface area contributed by atoms with Crippen molar-refractivity contribution in [2.45, 2.75) is 45.8 Å². The van der Waals surface area contributed by atoms with Gasteiger partial charge in [0.1, 0.15) is 5.60 Å². The van der Waals surface area contributed by atoms with Gasteiger partial charge in [0.2, 0.25) is 5.91 Å². The monoisotopic (exact) mass is 284 g/mol. The van der Waals surface area contributed by atoms with E-state index in [0.717, 1.165) is 10.4 Å². The fourth-order valence-corrected chi connectivity index (χ4v) is 2.39. The molecule has 0 aliphatic carbocycles. The maximum Gasteiger partial charge on any atom is 0.408 e. The number of alkyl carbamates (subject to hydrolysis) is 1. The third-order valence-electron chi connectivity index (χ3n) is 2.21. The summed E-state index contributed by atoms with van der Waals surface area (Å²) in [4.78, 5) is 23.4. The quantitative estimate of drug-likeness (QED) is 0.890. The molecule has 0 unspecified atom stereocenters. The Bertz CT molecular complexity index is 463. The highest BCUT2D eigenvalue weighted by Crippen LogP contribution is 2.22. The largest absolute Gasteiger partial charge is 0.444 e. The van der Waals surface area contributed by atoms with Crippen LogP contribution in [0.4, 0.5) is 4.79 Å². The summed E-state index contributed by atoms with van der Waals surface area (Å²) >= 11 is 1.48. The molecule has 0 aliphatic rings. The molecule has 106 valence electrons. The van der Waals surface area contributed by atoms with Gasteiger partial charge in [-0.1, -0.05) is 0 Å². The minimum atomic E-state index is -0.517. The molecule has 5 nitrogen and oxygen atoms in total. The molecule has 0 saturated heterocycles. The van der Waals surface area contributed by atoms with Gasteiger partial charge >= 0.3 is 6.09 Å². The SMILES string of the molecule is C[C@@H](NC(=O)OC(C)(C)C)c1cc(CC(N)=O)cs1. The van der Waals surface area contributed by atoms with Crippen LogP contribution in [0.15, 0.2) is 11.4 Å². The van der Waals surface area contributed by atoms with E-state index in [1.807, 2.05) is 39.1 Å². The summed E-state index contributed by atoms with van der Waals surface area (Å²) in [5.41, 5.74) is 5.48. The molecule has 1 rings (SSSR count). The average molecular weight is 284 g/mol. The van der Waals surface area contributed by atoms with Crippen LogP contribution in [0.25, 0.3) is 0 Å². The molecule has 0 fully saturated rings. The van der Waals surface area contributed by atoms with Gasteiger partial charge < -0.3 is 15.8 Å². The Hall–Kier alpha value is -1.56. The summed E-state index contributed by atoms with van der Waals surface area (Å²) < 4.78 is 5.18. The van der Waals surface area contributed by atoms with Gasteiger partial charge in [-0.3, -0.25) is 4.79 Å². The molecule has 19 heavy (non-hydrogen) atoms. The van der Waals surface area contributed by atoms with Crippen LogP contribution in [-0.4, -0.2) is 17.6 Å². The first-order chi connectivity index (χ1) is 8.67. The second-order valence-corrected chi connectivity index (χ2v) is 6.31. The Labute approximate surface area is 117 Å². The molecule has 0 saturated carbocycles. The average Bonchev–Trinajstić information content (AvgIpc) is 2.61. The van der Waals surface area contributed by atoms with Crippen molar-refractivity contribution in [3.63, 3.8) is 0 Å². The Balaban J connectivity index is 2.58. The fourth-order valence-electron chi connectivity index (χ4n) is 1.47. The smallest absolute Gasteiger partial charge is 0.408 e. The summed E-state index contributed by atoms with van der Waals surface area (Å²) in [6.07, 6.45) is -0.236. The van der Waals surface area contributed by atoms with Gasteiger partial charge in [-0.05, 0) is 44.7 Å². The van der Waals surface area contributed by atoms with Gasteiger partial charge in [-0.2, -0.15) is 0 Å². The third kappa shape index (κ3) is 5.74. The Morgan fingerprint density at radius 3 is 2.63 bits per heavy atom. The first-order valence-corrected chi connectivity index (χ1v) is 6.90. The molecule has 0 bridgehead atoms. The third-order valence-corrected chi connectivity index (χ3v) is 3.38. The number of hydrogen-bond donors (Lipinski definition) is 2. The van der Waals surface area contributed by atoms with Gasteiger partial charge in [0, 0.05) is 4.88 Å². The maximum absolute atomic E-state index is 11.6. The zero-order chi connectivity index (χ0) is 14.6. The molecular formula is C13H20N2O3S. The van der Waals surface area contributed by atoms with Crippen molar-refractivity contribution >= 4 is 23.3 Å². The standard InChI is InChI=1S/C13H20N2O3S/c1-8(15-12(17)18-13(2,3)4)10-5-9(7-19-10)6-11(14)16/h5,7-8H,6H2,1-4H3,(H2,14,16)(H,15,17)/t8-/m1/s1. The molecule has 1 aromatic rings. The molecule has 0 aromatic carbocycles. The van der Waals surface area contributed by atoms with E-state index < -0.39 is 11.7 Å². The number of nitrogens with one attached hydrogen (secondary N) is 1. The summed E-state index contributed by atoms with van der Waals surface area (Å²) in [7, 11) is 0. The first kappa shape index (κ1) is 15.5. The molecule has 3 N–H and O–H groups in total. The highest BCUT2D eigenvalue weighted by atomic mass is 32.1. The topological polar surface area (TPSA) is 81.4 Å². The van der Waals surface area contributed by atoms with Crippen molar-refractivity contribution in [1.29, 1.82) is 0 Å². The summed E-state index contributed by atoms with van der Waals surface area (Å²) in [6.45, 7) is 7.30. The maximum atomic E-state index is 11.6. The Kier molecular flexibility index (Phi) is 4.94. The lowest BCUT2D eigenvalue weighted by atomic mass is 10.2. The summed E-state index contributed by atoms with van der Waals surface area (Å²) in [6, 6.07) is 1.71. The van der Waals surface area contributed by atoms with E-state index in [-0.39, 0.29) is 18.4 Å². The molecule has 1 heterocycles. The Morgan fingerprint density at radius 1 is 1.47 bits per heavy atom. The van der Waals surface area contributed by atoms with E-state index in [2.05, 4.69) is 5.32 Å². The van der Waals surface area contributed by atoms with Gasteiger partial charge in [0.05, 0.1) is 12.5 Å². The highest BCUT2D eigenvalue weighted by Gasteiger charge is 2.19. The van der Waals surface area contributed by atoms with Crippen molar-refractivity contribution in [1.82, 2.24) is 5.32 Å². The fraction of sp³-hybridized carbons (Fsp3) is 0.538. The predicted octanol–water partition coefficient (Wildman–Crippen LogP) is 2.36. The minimum Gasteiger partial charge on any atom is -0.444 e. The minimum absolute atomic E-state index is 0.165. The number of thiophene rings is 1. The summed E-state index contributed by atoms with van der Waals surface area (Å²) in [5, 5.41) is 4.62. The van der Waals surface area contributed by atoms with Gasteiger partial charge in [0.25, 0.3) is 0 Å². The first-order valence-electron chi connectivity index (χ1n) is 6.02. The molecule has 0 radical (unpaired) electrons. The van der Waals surface area contributed by atoms with Crippen LogP contribution < -0.4 is 11.1 Å². The van der Waals surface area contributed by atoms with Gasteiger partial charge in [-0.25, -0.2) is 4.79 Å². The number of nitrogens with two attached hydrogens (primary N) is 1. The molecule has 0 aliphatic heterocycles. The zero-order valence-corrected chi connectivity index (χ0v) is 12.5. The summed E-state index contributed by atoms with van der Waals surface area (Å²) in [5.74, 6) is -0.364. The number of carbonyl (C=O) groups excluding carboxylic acids is 2. The van der Waals surface area contributed by atoms with Crippen LogP contribution in [0.3, 0.4) is 0 Å². The van der Waals surface area contributed by atoms with Crippen LogP contribution in [0.1, 0.15) is 44.2 Å². The normalized spacial score (nSPS) is 12.8. The van der Waals surface area contributed by atoms with E-state index in [1.165, 1.54) is 11.3 Å². The van der Waals surface area contributed by atoms with E-state index in [0.29, 0.717) is 0 Å². The zero-order valence-electron chi connectivity index (χ0n) is 11.6. The lowest BCUT2D eigenvalue weighted by molar-refractivity contribution is -0.117.